The number of rotatable bonds is 1. The van der Waals surface area contributed by atoms with Gasteiger partial charge in [-0.3, -0.25) is 0 Å². The number of aliphatic hydroxyl groups excluding tert-OH is 1. The van der Waals surface area contributed by atoms with Gasteiger partial charge in [-0.15, -0.1) is 0 Å². The second-order valence-corrected chi connectivity index (χ2v) is 10.7. The van der Waals surface area contributed by atoms with Crippen LogP contribution in [0.3, 0.4) is 0 Å². The molecule has 8 atom stereocenters. The summed E-state index contributed by atoms with van der Waals surface area (Å²) in [7, 11) is 0. The van der Waals surface area contributed by atoms with Crippen LogP contribution in [-0.4, -0.2) is 21.9 Å². The van der Waals surface area contributed by atoms with Crippen LogP contribution in [-0.2, 0) is 0 Å². The predicted molar refractivity (Wildman–Crippen MR) is 95.4 cm³/mol. The largest absolute Gasteiger partial charge is 0.390 e. The summed E-state index contributed by atoms with van der Waals surface area (Å²) in [4.78, 5) is 0. The zero-order valence-electron chi connectivity index (χ0n) is 15.6. The maximum atomic E-state index is 10.6. The molecule has 4 saturated carbocycles. The summed E-state index contributed by atoms with van der Waals surface area (Å²) in [6, 6.07) is 0. The van der Waals surface area contributed by atoms with Gasteiger partial charge in [0.1, 0.15) is 0 Å². The van der Waals surface area contributed by atoms with Gasteiger partial charge in [0, 0.05) is 0 Å². The highest BCUT2D eigenvalue weighted by molar-refractivity contribution is 5.31. The van der Waals surface area contributed by atoms with Gasteiger partial charge in [0.15, 0.2) is 0 Å². The van der Waals surface area contributed by atoms with E-state index >= 15 is 0 Å². The van der Waals surface area contributed by atoms with Crippen molar-refractivity contribution in [1.29, 1.82) is 0 Å². The third-order valence-corrected chi connectivity index (χ3v) is 9.61. The number of hydrogen-bond donors (Lipinski definition) is 2. The molecule has 134 valence electrons. The molecular weight excluding hydrogens is 296 g/mol. The quantitative estimate of drug-likeness (QED) is 0.697. The molecule has 0 aromatic heterocycles. The lowest BCUT2D eigenvalue weighted by Crippen LogP contribution is -2.50. The van der Waals surface area contributed by atoms with Crippen molar-refractivity contribution in [3.05, 3.63) is 11.6 Å². The van der Waals surface area contributed by atoms with Crippen LogP contribution in [0.5, 0.6) is 0 Å². The molecule has 0 heterocycles. The van der Waals surface area contributed by atoms with Gasteiger partial charge in [-0.05, 0) is 111 Å². The molecule has 24 heavy (non-hydrogen) atoms. The standard InChI is InChI=1S/C22H34O2/c1-14(23)16-4-5-17-15-6-9-21-12-19(2,24)10-11-22(21,13-21)18(15)7-8-20(16,17)3/h4,14-15,17-18,23-24H,5-13H2,1-3H3/t14?,15-,17-,18-,19+,20+,21+,22-/m0/s1. The summed E-state index contributed by atoms with van der Waals surface area (Å²) in [6.45, 7) is 6.47. The fourth-order valence-electron chi connectivity index (χ4n) is 8.66. The number of aliphatic hydroxyl groups is 2. The highest BCUT2D eigenvalue weighted by Crippen LogP contribution is 2.83. The van der Waals surface area contributed by atoms with Crippen molar-refractivity contribution >= 4 is 0 Å². The minimum atomic E-state index is -0.412. The Morgan fingerprint density at radius 1 is 1.04 bits per heavy atom. The van der Waals surface area contributed by atoms with Gasteiger partial charge in [0.05, 0.1) is 11.7 Å². The molecule has 0 bridgehead atoms. The molecule has 4 fully saturated rings. The van der Waals surface area contributed by atoms with E-state index in [1.54, 1.807) is 0 Å². The molecule has 0 saturated heterocycles. The van der Waals surface area contributed by atoms with Crippen molar-refractivity contribution in [3.8, 4) is 0 Å². The van der Waals surface area contributed by atoms with Crippen LogP contribution in [0.15, 0.2) is 11.6 Å². The molecule has 5 rings (SSSR count). The van der Waals surface area contributed by atoms with E-state index in [0.29, 0.717) is 10.8 Å². The number of fused-ring (bicyclic) bond motifs is 3. The molecule has 0 radical (unpaired) electrons. The average molecular weight is 331 g/mol. The zero-order valence-corrected chi connectivity index (χ0v) is 15.6. The van der Waals surface area contributed by atoms with Crippen molar-refractivity contribution < 1.29 is 10.2 Å². The third-order valence-electron chi connectivity index (χ3n) is 9.61. The molecule has 5 aliphatic rings. The van der Waals surface area contributed by atoms with Crippen LogP contribution in [0.2, 0.25) is 0 Å². The smallest absolute Gasteiger partial charge is 0.0727 e. The van der Waals surface area contributed by atoms with Crippen molar-refractivity contribution in [2.24, 2.45) is 34.0 Å². The summed E-state index contributed by atoms with van der Waals surface area (Å²) in [5.41, 5.74) is 2.24. The molecule has 0 aromatic rings. The molecule has 0 aliphatic heterocycles. The fourth-order valence-corrected chi connectivity index (χ4v) is 8.66. The Morgan fingerprint density at radius 3 is 2.58 bits per heavy atom. The molecule has 1 unspecified atom stereocenters. The van der Waals surface area contributed by atoms with E-state index in [9.17, 15) is 10.2 Å². The second-order valence-electron chi connectivity index (χ2n) is 10.7. The van der Waals surface area contributed by atoms with Gasteiger partial charge in [-0.1, -0.05) is 13.0 Å². The number of hydrogen-bond acceptors (Lipinski definition) is 2. The van der Waals surface area contributed by atoms with E-state index in [1.165, 1.54) is 50.5 Å². The Bertz CT molecular complexity index is 605. The molecular formula is C22H34O2. The van der Waals surface area contributed by atoms with Crippen molar-refractivity contribution in [1.82, 2.24) is 0 Å². The summed E-state index contributed by atoms with van der Waals surface area (Å²) in [5.74, 6) is 2.51. The van der Waals surface area contributed by atoms with Gasteiger partial charge in [0.25, 0.3) is 0 Å². The van der Waals surface area contributed by atoms with Gasteiger partial charge in [0.2, 0.25) is 0 Å². The Labute approximate surface area is 146 Å². The lowest BCUT2D eigenvalue weighted by molar-refractivity contribution is -0.0929. The average Bonchev–Trinajstić information content (AvgIpc) is 3.03. The van der Waals surface area contributed by atoms with Crippen molar-refractivity contribution in [2.45, 2.75) is 90.3 Å². The molecule has 2 heteroatoms. The lowest BCUT2D eigenvalue weighted by atomic mass is 9.49. The molecule has 2 nitrogen and oxygen atoms in total. The van der Waals surface area contributed by atoms with Crippen LogP contribution >= 0.6 is 0 Å². The van der Waals surface area contributed by atoms with Crippen molar-refractivity contribution in [2.75, 3.05) is 0 Å². The van der Waals surface area contributed by atoms with Crippen molar-refractivity contribution in [3.63, 3.8) is 0 Å². The Hall–Kier alpha value is -0.340. The number of allylic oxidation sites excluding steroid dienone is 1. The van der Waals surface area contributed by atoms with E-state index in [2.05, 4.69) is 19.9 Å². The van der Waals surface area contributed by atoms with E-state index < -0.39 is 5.60 Å². The summed E-state index contributed by atoms with van der Waals surface area (Å²) < 4.78 is 0. The van der Waals surface area contributed by atoms with Gasteiger partial charge >= 0.3 is 0 Å². The molecule has 2 N–H and O–H groups in total. The second kappa shape index (κ2) is 4.49. The Morgan fingerprint density at radius 2 is 1.83 bits per heavy atom. The van der Waals surface area contributed by atoms with Crippen LogP contribution in [0.25, 0.3) is 0 Å². The van der Waals surface area contributed by atoms with Gasteiger partial charge < -0.3 is 10.2 Å². The van der Waals surface area contributed by atoms with Crippen LogP contribution < -0.4 is 0 Å². The molecule has 0 aromatic carbocycles. The molecule has 0 amide bonds. The van der Waals surface area contributed by atoms with E-state index in [-0.39, 0.29) is 11.5 Å². The first-order chi connectivity index (χ1) is 11.2. The first-order valence-corrected chi connectivity index (χ1v) is 10.3. The topological polar surface area (TPSA) is 40.5 Å². The SMILES string of the molecule is CC(O)C1=CC[C@H]2[C@@H]3CC[C@]45C[C@](C)(O)CC[C@]4(C5)[C@H]3CC[C@]12C. The van der Waals surface area contributed by atoms with Crippen LogP contribution in [0.4, 0.5) is 0 Å². The van der Waals surface area contributed by atoms with E-state index in [4.69, 9.17) is 0 Å². The highest BCUT2D eigenvalue weighted by atomic mass is 16.3. The highest BCUT2D eigenvalue weighted by Gasteiger charge is 2.76. The fraction of sp³-hybridized carbons (Fsp3) is 0.909. The van der Waals surface area contributed by atoms with Gasteiger partial charge in [-0.2, -0.15) is 0 Å². The normalized spacial score (nSPS) is 59.5. The monoisotopic (exact) mass is 330 g/mol. The molecule has 5 aliphatic carbocycles. The first-order valence-electron chi connectivity index (χ1n) is 10.3. The maximum absolute atomic E-state index is 10.6. The van der Waals surface area contributed by atoms with Gasteiger partial charge in [-0.25, -0.2) is 0 Å². The Balaban J connectivity index is 1.45. The summed E-state index contributed by atoms with van der Waals surface area (Å²) in [6.07, 6.45) is 13.4. The third kappa shape index (κ3) is 1.75. The van der Waals surface area contributed by atoms with Crippen LogP contribution in [0.1, 0.15) is 78.6 Å². The zero-order chi connectivity index (χ0) is 17.0. The lowest BCUT2D eigenvalue weighted by Gasteiger charge is -2.56. The maximum Gasteiger partial charge on any atom is 0.0727 e. The summed E-state index contributed by atoms with van der Waals surface area (Å²) >= 11 is 0. The minimum absolute atomic E-state index is 0.251. The van der Waals surface area contributed by atoms with E-state index in [1.807, 2.05) is 6.92 Å². The Kier molecular flexibility index (Phi) is 2.97. The summed E-state index contributed by atoms with van der Waals surface area (Å²) in [5, 5.41) is 20.9. The molecule has 0 spiro atoms. The predicted octanol–water partition coefficient (Wildman–Crippen LogP) is 4.45. The van der Waals surface area contributed by atoms with E-state index in [0.717, 1.165) is 30.6 Å². The first kappa shape index (κ1) is 15.9. The van der Waals surface area contributed by atoms with Crippen LogP contribution in [0, 0.1) is 34.0 Å². The minimum Gasteiger partial charge on any atom is -0.390 e.